The topological polar surface area (TPSA) is 46.2 Å². The van der Waals surface area contributed by atoms with Crippen LogP contribution in [0.1, 0.15) is 35.1 Å². The number of thioether (sulfide) groups is 2. The van der Waals surface area contributed by atoms with Crippen LogP contribution in [0.5, 0.6) is 5.75 Å². The first-order valence-corrected chi connectivity index (χ1v) is 18.3. The van der Waals surface area contributed by atoms with Crippen LogP contribution in [0.3, 0.4) is 0 Å². The van der Waals surface area contributed by atoms with E-state index in [1.54, 1.807) is 0 Å². The summed E-state index contributed by atoms with van der Waals surface area (Å²) in [7, 11) is 0. The van der Waals surface area contributed by atoms with E-state index in [0.717, 1.165) is 24.7 Å². The fourth-order valence-corrected chi connectivity index (χ4v) is 6.32. The maximum Gasteiger partial charge on any atom is 0.460 e. The van der Waals surface area contributed by atoms with Crippen LogP contribution >= 0.6 is 23.5 Å². The lowest BCUT2D eigenvalue weighted by Crippen LogP contribution is -2.70. The van der Waals surface area contributed by atoms with Crippen LogP contribution in [-0.2, 0) is 11.5 Å². The number of hydrogen-bond acceptors (Lipinski definition) is 4. The van der Waals surface area contributed by atoms with Crippen molar-refractivity contribution in [2.45, 2.75) is 110 Å². The van der Waals surface area contributed by atoms with Crippen molar-refractivity contribution >= 4 is 29.2 Å². The second kappa shape index (κ2) is 18.4. The number of nitrogens with two attached hydrogens (primary N) is 1. The standard InChI is InChI=1S/C25H18F26OS2.C7H9N/c1-10-6-11(8-53-4-2-14(26,27)16(30,31)18(34,35)20(38,39)22(42,43)24(46,47)48)7-12(13(10)52)9-54-5-3-15(28,29)17(32,33)19(36,37)21(40,41)23(44,45)25(49,50)51;1-6-2-4-7(8)5-3-6/h6-7,52H,2-5,8-9H2,1H3;2-5H,8H2,1H3. The molecule has 0 aromatic heterocycles. The van der Waals surface area contributed by atoms with Crippen LogP contribution in [0, 0.1) is 13.8 Å². The molecule has 30 heteroatoms. The lowest BCUT2D eigenvalue weighted by atomic mass is 9.93. The van der Waals surface area contributed by atoms with Gasteiger partial charge >= 0.3 is 71.6 Å². The number of alkyl halides is 26. The average molecular weight is 1000 g/mol. The molecule has 0 radical (unpaired) electrons. The zero-order chi connectivity index (χ0) is 49.4. The Labute approximate surface area is 339 Å². The molecule has 0 bridgehead atoms. The molecule has 0 aliphatic carbocycles. The van der Waals surface area contributed by atoms with E-state index in [-0.39, 0.29) is 34.7 Å². The summed E-state index contributed by atoms with van der Waals surface area (Å²) >= 11 is 0.0127. The Balaban J connectivity index is 0.00000214. The maximum absolute atomic E-state index is 14.0. The molecule has 0 fully saturated rings. The SMILES string of the molecule is Cc1cc(CSCCC(F)(F)C(F)(F)C(F)(F)C(F)(F)C(F)(F)C(F)(F)F)cc(CSCCC(F)(F)C(F)(F)C(F)(F)C(F)(F)C(F)(F)C(F)(F)F)c1O.Cc1ccc(N)cc1. The first-order valence-electron chi connectivity index (χ1n) is 16.0. The van der Waals surface area contributed by atoms with Crippen molar-refractivity contribution in [3.05, 3.63) is 58.7 Å². The van der Waals surface area contributed by atoms with Gasteiger partial charge < -0.3 is 10.8 Å². The van der Waals surface area contributed by atoms with Crippen LogP contribution < -0.4 is 5.73 Å². The van der Waals surface area contributed by atoms with Crippen molar-refractivity contribution in [3.8, 4) is 5.75 Å². The van der Waals surface area contributed by atoms with E-state index in [0.29, 0.717) is 0 Å². The molecule has 62 heavy (non-hydrogen) atoms. The van der Waals surface area contributed by atoms with Gasteiger partial charge in [0.25, 0.3) is 0 Å². The molecule has 3 N–H and O–H groups in total. The smallest absolute Gasteiger partial charge is 0.460 e. The fraction of sp³-hybridized carbons (Fsp3) is 0.625. The molecule has 360 valence electrons. The molecule has 0 saturated carbocycles. The molecule has 2 rings (SSSR count). The highest BCUT2D eigenvalue weighted by atomic mass is 32.2. The van der Waals surface area contributed by atoms with Crippen LogP contribution in [0.15, 0.2) is 36.4 Å². The minimum atomic E-state index is -8.12. The zero-order valence-corrected chi connectivity index (χ0v) is 32.0. The van der Waals surface area contributed by atoms with E-state index in [1.807, 2.05) is 31.2 Å². The number of benzene rings is 2. The van der Waals surface area contributed by atoms with Gasteiger partial charge in [0.05, 0.1) is 0 Å². The molecular weight excluding hydrogens is 972 g/mol. The maximum atomic E-state index is 14.0. The van der Waals surface area contributed by atoms with Crippen LogP contribution in [-0.4, -0.2) is 88.2 Å². The zero-order valence-electron chi connectivity index (χ0n) is 30.4. The third-order valence-corrected chi connectivity index (χ3v) is 10.2. The summed E-state index contributed by atoms with van der Waals surface area (Å²) in [5, 5.41) is 10.1. The second-order valence-electron chi connectivity index (χ2n) is 12.9. The molecule has 0 amide bonds. The molecule has 0 heterocycles. The molecule has 2 aromatic rings. The van der Waals surface area contributed by atoms with Gasteiger partial charge in [0, 0.05) is 35.6 Å². The minimum Gasteiger partial charge on any atom is -0.507 e. The van der Waals surface area contributed by atoms with E-state index in [2.05, 4.69) is 0 Å². The quantitative estimate of drug-likeness (QED) is 0.0887. The molecule has 0 unspecified atom stereocenters. The van der Waals surface area contributed by atoms with Gasteiger partial charge in [0.2, 0.25) is 0 Å². The van der Waals surface area contributed by atoms with E-state index in [4.69, 9.17) is 5.73 Å². The first-order chi connectivity index (χ1) is 27.3. The molecule has 0 aliphatic heterocycles. The van der Waals surface area contributed by atoms with Crippen LogP contribution in [0.25, 0.3) is 0 Å². The summed E-state index contributed by atoms with van der Waals surface area (Å²) in [6, 6.07) is 9.53. The number of aromatic hydroxyl groups is 1. The Morgan fingerprint density at radius 3 is 1.10 bits per heavy atom. The predicted molar refractivity (Wildman–Crippen MR) is 172 cm³/mol. The normalized spacial score (nSPS) is 14.8. The van der Waals surface area contributed by atoms with Gasteiger partial charge in [-0.05, 0) is 48.6 Å². The Morgan fingerprint density at radius 2 is 0.774 bits per heavy atom. The summed E-state index contributed by atoms with van der Waals surface area (Å²) in [6.07, 6.45) is -20.4. The van der Waals surface area contributed by atoms with E-state index < -0.39 is 119 Å². The molecule has 2 nitrogen and oxygen atoms in total. The van der Waals surface area contributed by atoms with Gasteiger partial charge in [-0.25, -0.2) is 0 Å². The van der Waals surface area contributed by atoms with E-state index in [9.17, 15) is 119 Å². The predicted octanol–water partition coefficient (Wildman–Crippen LogP) is 14.0. The van der Waals surface area contributed by atoms with Crippen molar-refractivity contribution in [1.82, 2.24) is 0 Å². The first kappa shape index (κ1) is 56.9. The number of hydrogen-bond donors (Lipinski definition) is 2. The molecule has 2 aromatic carbocycles. The highest BCUT2D eigenvalue weighted by molar-refractivity contribution is 7.98. The molecule has 0 atom stereocenters. The highest BCUT2D eigenvalue weighted by Crippen LogP contribution is 2.62. The number of anilines is 1. The fourth-order valence-electron chi connectivity index (χ4n) is 4.38. The monoisotopic (exact) mass is 999 g/mol. The second-order valence-corrected chi connectivity index (χ2v) is 15.1. The number of halogens is 26. The third kappa shape index (κ3) is 10.7. The van der Waals surface area contributed by atoms with Crippen molar-refractivity contribution in [3.63, 3.8) is 0 Å². The van der Waals surface area contributed by atoms with Crippen LogP contribution in [0.2, 0.25) is 0 Å². The minimum absolute atomic E-state index is 0.0287. The van der Waals surface area contributed by atoms with Gasteiger partial charge in [0.15, 0.2) is 0 Å². The lowest BCUT2D eigenvalue weighted by molar-refractivity contribution is -0.439. The average Bonchev–Trinajstić information content (AvgIpc) is 3.10. The van der Waals surface area contributed by atoms with Gasteiger partial charge in [-0.1, -0.05) is 29.8 Å². The van der Waals surface area contributed by atoms with Crippen molar-refractivity contribution < 1.29 is 119 Å². The number of phenols is 1. The van der Waals surface area contributed by atoms with Crippen molar-refractivity contribution in [1.29, 1.82) is 0 Å². The highest BCUT2D eigenvalue weighted by Gasteiger charge is 2.92. The molecule has 0 spiro atoms. The summed E-state index contributed by atoms with van der Waals surface area (Å²) in [5.41, 5.74) is 6.63. The molecule has 0 aliphatic rings. The van der Waals surface area contributed by atoms with E-state index in [1.165, 1.54) is 5.56 Å². The van der Waals surface area contributed by atoms with Gasteiger partial charge in [-0.15, -0.1) is 0 Å². The Bertz CT molecular complexity index is 1770. The van der Waals surface area contributed by atoms with E-state index >= 15 is 0 Å². The molecule has 0 saturated heterocycles. The Kier molecular flexibility index (Phi) is 16.9. The Morgan fingerprint density at radius 1 is 0.452 bits per heavy atom. The third-order valence-electron chi connectivity index (χ3n) is 8.16. The molecular formula is C32H27F26NOS2. The largest absolute Gasteiger partial charge is 0.507 e. The number of aryl methyl sites for hydroxylation is 2. The summed E-state index contributed by atoms with van der Waals surface area (Å²) in [4.78, 5) is 0. The summed E-state index contributed by atoms with van der Waals surface area (Å²) < 4.78 is 344. The van der Waals surface area contributed by atoms with Gasteiger partial charge in [-0.2, -0.15) is 138 Å². The van der Waals surface area contributed by atoms with Crippen molar-refractivity contribution in [2.75, 3.05) is 17.2 Å². The van der Waals surface area contributed by atoms with Gasteiger partial charge in [0.1, 0.15) is 5.75 Å². The van der Waals surface area contributed by atoms with Crippen molar-refractivity contribution in [2.24, 2.45) is 0 Å². The Hall–Kier alpha value is -3.08. The number of rotatable bonds is 18. The summed E-state index contributed by atoms with van der Waals surface area (Å²) in [5.74, 6) is -81.3. The number of nitrogen functional groups attached to an aromatic ring is 1. The van der Waals surface area contributed by atoms with Gasteiger partial charge in [-0.3, -0.25) is 0 Å². The number of phenolic OH excluding ortho intramolecular Hbond substituents is 1. The summed E-state index contributed by atoms with van der Waals surface area (Å²) in [6.45, 7) is 3.08. The lowest BCUT2D eigenvalue weighted by Gasteiger charge is -2.39. The van der Waals surface area contributed by atoms with Crippen LogP contribution in [0.4, 0.5) is 120 Å².